The third-order valence-corrected chi connectivity index (χ3v) is 4.65. The molecule has 0 radical (unpaired) electrons. The van der Waals surface area contributed by atoms with Crippen molar-refractivity contribution in [3.05, 3.63) is 60.2 Å². The second kappa shape index (κ2) is 3.56. The lowest BCUT2D eigenvalue weighted by atomic mass is 10.0. The second-order valence-electron chi connectivity index (χ2n) is 4.76. The summed E-state index contributed by atoms with van der Waals surface area (Å²) >= 11 is 1.88. The lowest BCUT2D eigenvalue weighted by Gasteiger charge is -2.02. The van der Waals surface area contributed by atoms with Gasteiger partial charge in [0.25, 0.3) is 0 Å². The van der Waals surface area contributed by atoms with Crippen LogP contribution in [0.25, 0.3) is 30.9 Å². The molecule has 86 valence electrons. The normalized spacial score (nSPS) is 11.6. The molecule has 0 aliphatic heterocycles. The van der Waals surface area contributed by atoms with Crippen LogP contribution in [0.4, 0.5) is 0 Å². The maximum absolute atomic E-state index is 2.27. The summed E-state index contributed by atoms with van der Waals surface area (Å²) in [5.74, 6) is 0. The first-order valence-electron chi connectivity index (χ1n) is 6.13. The number of fused-ring (bicyclic) bond motifs is 5. The molecule has 0 fully saturated rings. The minimum Gasteiger partial charge on any atom is -0.135 e. The highest BCUT2D eigenvalue weighted by Gasteiger charge is 2.07. The molecule has 0 spiro atoms. The zero-order valence-corrected chi connectivity index (χ0v) is 10.9. The number of aryl methyl sites for hydroxylation is 1. The SMILES string of the molecule is Cc1ccc2c(ccc3sc4ccccc4c32)c1. The Bertz CT molecular complexity index is 884. The lowest BCUT2D eigenvalue weighted by molar-refractivity contribution is 1.51. The molecule has 1 heterocycles. The third kappa shape index (κ3) is 1.31. The molecular formula is C17H12S. The zero-order chi connectivity index (χ0) is 12.1. The Morgan fingerprint density at radius 3 is 2.61 bits per heavy atom. The van der Waals surface area contributed by atoms with Gasteiger partial charge in [0.05, 0.1) is 0 Å². The second-order valence-corrected chi connectivity index (χ2v) is 5.85. The summed E-state index contributed by atoms with van der Waals surface area (Å²) in [7, 11) is 0. The fourth-order valence-corrected chi connectivity index (χ4v) is 3.79. The Morgan fingerprint density at radius 1 is 0.778 bits per heavy atom. The summed E-state index contributed by atoms with van der Waals surface area (Å²) in [5, 5.41) is 5.50. The molecule has 0 N–H and O–H groups in total. The van der Waals surface area contributed by atoms with Crippen molar-refractivity contribution in [2.75, 3.05) is 0 Å². The summed E-state index contributed by atoms with van der Waals surface area (Å²) < 4.78 is 2.76. The fourth-order valence-electron chi connectivity index (χ4n) is 2.67. The van der Waals surface area contributed by atoms with Crippen molar-refractivity contribution in [1.29, 1.82) is 0 Å². The Hall–Kier alpha value is -1.86. The van der Waals surface area contributed by atoms with E-state index in [0.717, 1.165) is 0 Å². The van der Waals surface area contributed by atoms with Crippen LogP contribution in [0.5, 0.6) is 0 Å². The summed E-state index contributed by atoms with van der Waals surface area (Å²) in [6.45, 7) is 2.15. The number of thiophene rings is 1. The number of hydrogen-bond donors (Lipinski definition) is 0. The number of benzene rings is 3. The van der Waals surface area contributed by atoms with Crippen LogP contribution in [0.1, 0.15) is 5.56 Å². The van der Waals surface area contributed by atoms with Gasteiger partial charge in [0, 0.05) is 20.2 Å². The van der Waals surface area contributed by atoms with Crippen molar-refractivity contribution >= 4 is 42.3 Å². The largest absolute Gasteiger partial charge is 0.135 e. The molecule has 4 rings (SSSR count). The highest BCUT2D eigenvalue weighted by Crippen LogP contribution is 2.38. The number of rotatable bonds is 0. The lowest BCUT2D eigenvalue weighted by Crippen LogP contribution is -1.76. The van der Waals surface area contributed by atoms with Crippen LogP contribution in [0.15, 0.2) is 54.6 Å². The van der Waals surface area contributed by atoms with Crippen LogP contribution in [-0.2, 0) is 0 Å². The van der Waals surface area contributed by atoms with Gasteiger partial charge >= 0.3 is 0 Å². The zero-order valence-electron chi connectivity index (χ0n) is 10.1. The van der Waals surface area contributed by atoms with Crippen molar-refractivity contribution in [3.63, 3.8) is 0 Å². The molecule has 0 saturated carbocycles. The number of hydrogen-bond acceptors (Lipinski definition) is 1. The van der Waals surface area contributed by atoms with Crippen molar-refractivity contribution in [1.82, 2.24) is 0 Å². The maximum atomic E-state index is 2.27. The van der Waals surface area contributed by atoms with E-state index in [1.54, 1.807) is 0 Å². The fraction of sp³-hybridized carbons (Fsp3) is 0.0588. The van der Waals surface area contributed by atoms with E-state index in [1.165, 1.54) is 36.5 Å². The average Bonchev–Trinajstić information content (AvgIpc) is 2.77. The van der Waals surface area contributed by atoms with Gasteiger partial charge in [0.1, 0.15) is 0 Å². The first-order valence-corrected chi connectivity index (χ1v) is 6.95. The van der Waals surface area contributed by atoms with Gasteiger partial charge in [-0.05, 0) is 29.8 Å². The molecule has 1 heteroatoms. The Morgan fingerprint density at radius 2 is 1.67 bits per heavy atom. The van der Waals surface area contributed by atoms with Crippen LogP contribution < -0.4 is 0 Å². The maximum Gasteiger partial charge on any atom is 0.0361 e. The minimum atomic E-state index is 1.32. The summed E-state index contributed by atoms with van der Waals surface area (Å²) in [6, 6.07) is 19.9. The molecule has 0 amide bonds. The van der Waals surface area contributed by atoms with Crippen LogP contribution in [0.2, 0.25) is 0 Å². The van der Waals surface area contributed by atoms with Crippen LogP contribution >= 0.6 is 11.3 Å². The summed E-state index contributed by atoms with van der Waals surface area (Å²) in [4.78, 5) is 0. The first-order chi connectivity index (χ1) is 8.83. The Kier molecular flexibility index (Phi) is 2.00. The molecule has 18 heavy (non-hydrogen) atoms. The average molecular weight is 248 g/mol. The highest BCUT2D eigenvalue weighted by molar-refractivity contribution is 7.26. The van der Waals surface area contributed by atoms with E-state index in [1.807, 2.05) is 11.3 Å². The van der Waals surface area contributed by atoms with Crippen LogP contribution in [-0.4, -0.2) is 0 Å². The van der Waals surface area contributed by atoms with Crippen molar-refractivity contribution in [2.45, 2.75) is 6.92 Å². The minimum absolute atomic E-state index is 1.32. The van der Waals surface area contributed by atoms with Gasteiger partial charge in [0.2, 0.25) is 0 Å². The molecule has 0 nitrogen and oxygen atoms in total. The van der Waals surface area contributed by atoms with E-state index in [0.29, 0.717) is 0 Å². The Labute approximate surface area is 109 Å². The van der Waals surface area contributed by atoms with E-state index in [2.05, 4.69) is 61.5 Å². The smallest absolute Gasteiger partial charge is 0.0361 e. The van der Waals surface area contributed by atoms with Gasteiger partial charge in [0.15, 0.2) is 0 Å². The van der Waals surface area contributed by atoms with Crippen molar-refractivity contribution < 1.29 is 0 Å². The molecule has 0 unspecified atom stereocenters. The molecule has 4 aromatic rings. The first kappa shape index (κ1) is 10.1. The van der Waals surface area contributed by atoms with E-state index in [-0.39, 0.29) is 0 Å². The van der Waals surface area contributed by atoms with Crippen molar-refractivity contribution in [3.8, 4) is 0 Å². The highest BCUT2D eigenvalue weighted by atomic mass is 32.1. The molecule has 0 aliphatic rings. The van der Waals surface area contributed by atoms with Gasteiger partial charge in [-0.15, -0.1) is 11.3 Å². The van der Waals surface area contributed by atoms with Gasteiger partial charge in [-0.2, -0.15) is 0 Å². The monoisotopic (exact) mass is 248 g/mol. The van der Waals surface area contributed by atoms with Gasteiger partial charge < -0.3 is 0 Å². The summed E-state index contributed by atoms with van der Waals surface area (Å²) in [5.41, 5.74) is 1.32. The molecule has 0 bridgehead atoms. The predicted molar refractivity (Wildman–Crippen MR) is 81.6 cm³/mol. The predicted octanol–water partition coefficient (Wildman–Crippen LogP) is 5.52. The molecule has 0 saturated heterocycles. The topological polar surface area (TPSA) is 0 Å². The van der Waals surface area contributed by atoms with E-state index >= 15 is 0 Å². The Balaban J connectivity index is 2.32. The van der Waals surface area contributed by atoms with Crippen LogP contribution in [0, 0.1) is 6.92 Å². The van der Waals surface area contributed by atoms with Gasteiger partial charge in [-0.25, -0.2) is 0 Å². The standard InChI is InChI=1S/C17H12S/c1-11-6-8-13-12(10-11)7-9-16-17(13)14-4-2-3-5-15(14)18-16/h2-10H,1H3. The quantitative estimate of drug-likeness (QED) is 0.384. The molecule has 3 aromatic carbocycles. The molecule has 0 atom stereocenters. The molecule has 0 aliphatic carbocycles. The summed E-state index contributed by atoms with van der Waals surface area (Å²) in [6.07, 6.45) is 0. The van der Waals surface area contributed by atoms with E-state index < -0.39 is 0 Å². The van der Waals surface area contributed by atoms with E-state index in [4.69, 9.17) is 0 Å². The molecular weight excluding hydrogens is 236 g/mol. The van der Waals surface area contributed by atoms with Crippen molar-refractivity contribution in [2.24, 2.45) is 0 Å². The van der Waals surface area contributed by atoms with Gasteiger partial charge in [-0.3, -0.25) is 0 Å². The third-order valence-electron chi connectivity index (χ3n) is 3.51. The van der Waals surface area contributed by atoms with E-state index in [9.17, 15) is 0 Å². The molecule has 1 aromatic heterocycles. The van der Waals surface area contributed by atoms with Crippen LogP contribution in [0.3, 0.4) is 0 Å². The van der Waals surface area contributed by atoms with Gasteiger partial charge in [-0.1, -0.05) is 48.0 Å².